The first-order chi connectivity index (χ1) is 3.18. The number of rotatable bonds is 1. The summed E-state index contributed by atoms with van der Waals surface area (Å²) in [6, 6.07) is 0. The second-order valence-corrected chi connectivity index (χ2v) is 1.20. The standard InChI is InChI=1S/C4H9N3/c1-3(7-2)4(5)6/h2,5-6H2,1H3. The van der Waals surface area contributed by atoms with Crippen LogP contribution in [0.25, 0.3) is 0 Å². The second-order valence-electron chi connectivity index (χ2n) is 1.20. The van der Waals surface area contributed by atoms with Gasteiger partial charge in [0.2, 0.25) is 0 Å². The predicted molar refractivity (Wildman–Crippen MR) is 30.6 cm³/mol. The van der Waals surface area contributed by atoms with E-state index in [-0.39, 0.29) is 5.82 Å². The molecule has 3 nitrogen and oxygen atoms in total. The monoisotopic (exact) mass is 99.1 g/mol. The van der Waals surface area contributed by atoms with E-state index in [1.54, 1.807) is 6.92 Å². The highest BCUT2D eigenvalue weighted by molar-refractivity contribution is 5.28. The van der Waals surface area contributed by atoms with E-state index >= 15 is 0 Å². The minimum atomic E-state index is 0.231. The highest BCUT2D eigenvalue weighted by Gasteiger charge is 1.82. The Labute approximate surface area is 42.7 Å². The Morgan fingerprint density at radius 3 is 2.00 bits per heavy atom. The van der Waals surface area contributed by atoms with Gasteiger partial charge < -0.3 is 11.5 Å². The van der Waals surface area contributed by atoms with E-state index in [1.165, 1.54) is 0 Å². The largest absolute Gasteiger partial charge is 0.384 e. The van der Waals surface area contributed by atoms with Crippen LogP contribution in [-0.4, -0.2) is 6.72 Å². The average molecular weight is 99.1 g/mol. The second kappa shape index (κ2) is 2.23. The van der Waals surface area contributed by atoms with Gasteiger partial charge in [0.1, 0.15) is 5.82 Å². The topological polar surface area (TPSA) is 64.4 Å². The van der Waals surface area contributed by atoms with Crippen molar-refractivity contribution in [1.29, 1.82) is 0 Å². The lowest BCUT2D eigenvalue weighted by atomic mass is 10.5. The fourth-order valence-electron chi connectivity index (χ4n) is 0.0913. The van der Waals surface area contributed by atoms with Crippen LogP contribution >= 0.6 is 0 Å². The summed E-state index contributed by atoms with van der Waals surface area (Å²) in [5, 5.41) is 0. The van der Waals surface area contributed by atoms with Crippen LogP contribution in [0.15, 0.2) is 16.5 Å². The fourth-order valence-corrected chi connectivity index (χ4v) is 0.0913. The van der Waals surface area contributed by atoms with Crippen LogP contribution in [0.4, 0.5) is 0 Å². The quantitative estimate of drug-likeness (QED) is 0.447. The number of aliphatic imine (C=N–C) groups is 1. The van der Waals surface area contributed by atoms with Gasteiger partial charge in [0.15, 0.2) is 0 Å². The Bertz CT molecular complexity index is 99.5. The zero-order chi connectivity index (χ0) is 5.86. The van der Waals surface area contributed by atoms with Crippen molar-refractivity contribution < 1.29 is 0 Å². The summed E-state index contributed by atoms with van der Waals surface area (Å²) in [5.74, 6) is 0.231. The molecule has 0 atom stereocenters. The number of hydrogen-bond acceptors (Lipinski definition) is 3. The summed E-state index contributed by atoms with van der Waals surface area (Å²) < 4.78 is 0. The molecule has 0 heterocycles. The molecule has 0 aliphatic heterocycles. The van der Waals surface area contributed by atoms with Crippen LogP contribution < -0.4 is 11.5 Å². The van der Waals surface area contributed by atoms with Crippen molar-refractivity contribution in [3.05, 3.63) is 11.5 Å². The third kappa shape index (κ3) is 1.81. The van der Waals surface area contributed by atoms with Gasteiger partial charge in [-0.2, -0.15) is 0 Å². The van der Waals surface area contributed by atoms with Gasteiger partial charge in [-0.25, -0.2) is 0 Å². The van der Waals surface area contributed by atoms with Crippen molar-refractivity contribution >= 4 is 6.72 Å². The number of nitrogens with two attached hydrogens (primary N) is 2. The number of hydrogen-bond donors (Lipinski definition) is 2. The molecule has 0 rings (SSSR count). The molecule has 0 aromatic rings. The minimum Gasteiger partial charge on any atom is -0.384 e. The van der Waals surface area contributed by atoms with Crippen LogP contribution in [0.5, 0.6) is 0 Å². The summed E-state index contributed by atoms with van der Waals surface area (Å²) in [6.45, 7) is 4.91. The summed E-state index contributed by atoms with van der Waals surface area (Å²) >= 11 is 0. The van der Waals surface area contributed by atoms with E-state index in [9.17, 15) is 0 Å². The SMILES string of the molecule is C=NC(C)=C(N)N. The first kappa shape index (κ1) is 6.01. The normalized spacial score (nSPS) is 7.57. The Balaban J connectivity index is 3.98. The molecule has 0 amide bonds. The molecule has 0 saturated carbocycles. The van der Waals surface area contributed by atoms with E-state index in [0.717, 1.165) is 0 Å². The van der Waals surface area contributed by atoms with Crippen molar-refractivity contribution in [2.45, 2.75) is 6.92 Å². The summed E-state index contributed by atoms with van der Waals surface area (Å²) in [6.07, 6.45) is 0. The van der Waals surface area contributed by atoms with E-state index in [2.05, 4.69) is 11.7 Å². The van der Waals surface area contributed by atoms with Crippen molar-refractivity contribution in [1.82, 2.24) is 0 Å². The highest BCUT2D eigenvalue weighted by atomic mass is 14.9. The molecule has 0 saturated heterocycles. The molecule has 3 heteroatoms. The molecule has 0 bridgehead atoms. The zero-order valence-corrected chi connectivity index (χ0v) is 4.31. The highest BCUT2D eigenvalue weighted by Crippen LogP contribution is 1.89. The first-order valence-electron chi connectivity index (χ1n) is 1.87. The predicted octanol–water partition coefficient (Wildman–Crippen LogP) is -0.207. The Hall–Kier alpha value is -0.990. The lowest BCUT2D eigenvalue weighted by Crippen LogP contribution is -2.09. The molecule has 0 aliphatic carbocycles. The van der Waals surface area contributed by atoms with E-state index in [0.29, 0.717) is 5.70 Å². The van der Waals surface area contributed by atoms with E-state index < -0.39 is 0 Å². The van der Waals surface area contributed by atoms with Gasteiger partial charge in [0.25, 0.3) is 0 Å². The third-order valence-corrected chi connectivity index (χ3v) is 0.655. The molecule has 0 aliphatic rings. The van der Waals surface area contributed by atoms with Crippen molar-refractivity contribution in [2.24, 2.45) is 16.5 Å². The van der Waals surface area contributed by atoms with Crippen LogP contribution in [0.3, 0.4) is 0 Å². The van der Waals surface area contributed by atoms with Crippen molar-refractivity contribution in [3.8, 4) is 0 Å². The Kier molecular flexibility index (Phi) is 1.91. The molecule has 0 unspecified atom stereocenters. The zero-order valence-electron chi connectivity index (χ0n) is 4.31. The lowest BCUT2D eigenvalue weighted by molar-refractivity contribution is 1.13. The Morgan fingerprint density at radius 2 is 2.00 bits per heavy atom. The van der Waals surface area contributed by atoms with Crippen LogP contribution in [0.2, 0.25) is 0 Å². The first-order valence-corrected chi connectivity index (χ1v) is 1.87. The van der Waals surface area contributed by atoms with Gasteiger partial charge >= 0.3 is 0 Å². The van der Waals surface area contributed by atoms with Crippen molar-refractivity contribution in [2.75, 3.05) is 0 Å². The maximum Gasteiger partial charge on any atom is 0.115 e. The fraction of sp³-hybridized carbons (Fsp3) is 0.250. The van der Waals surface area contributed by atoms with Gasteiger partial charge in [-0.1, -0.05) is 0 Å². The van der Waals surface area contributed by atoms with E-state index in [1.807, 2.05) is 0 Å². The molecule has 40 valence electrons. The van der Waals surface area contributed by atoms with Crippen LogP contribution in [0.1, 0.15) is 6.92 Å². The molecule has 7 heavy (non-hydrogen) atoms. The molecule has 0 radical (unpaired) electrons. The smallest absolute Gasteiger partial charge is 0.115 e. The van der Waals surface area contributed by atoms with E-state index in [4.69, 9.17) is 11.5 Å². The van der Waals surface area contributed by atoms with Crippen molar-refractivity contribution in [3.63, 3.8) is 0 Å². The van der Waals surface area contributed by atoms with Crippen LogP contribution in [0, 0.1) is 0 Å². The minimum absolute atomic E-state index is 0.231. The average Bonchev–Trinajstić information content (AvgIpc) is 1.65. The number of nitrogens with zero attached hydrogens (tertiary/aromatic N) is 1. The molecular formula is C4H9N3. The molecule has 0 spiro atoms. The Morgan fingerprint density at radius 1 is 1.57 bits per heavy atom. The van der Waals surface area contributed by atoms with Gasteiger partial charge in [0.05, 0.1) is 5.70 Å². The molecule has 0 aromatic carbocycles. The van der Waals surface area contributed by atoms with Gasteiger partial charge in [-0.15, -0.1) is 0 Å². The summed E-state index contributed by atoms with van der Waals surface area (Å²) in [4.78, 5) is 3.47. The van der Waals surface area contributed by atoms with Gasteiger partial charge in [0, 0.05) is 0 Å². The molecule has 0 fully saturated rings. The third-order valence-electron chi connectivity index (χ3n) is 0.655. The van der Waals surface area contributed by atoms with Crippen LogP contribution in [-0.2, 0) is 0 Å². The summed E-state index contributed by atoms with van der Waals surface area (Å²) in [7, 11) is 0. The maximum absolute atomic E-state index is 5.07. The van der Waals surface area contributed by atoms with Gasteiger partial charge in [-0.3, -0.25) is 4.99 Å². The number of allylic oxidation sites excluding steroid dienone is 1. The van der Waals surface area contributed by atoms with Gasteiger partial charge in [-0.05, 0) is 13.6 Å². The molecular weight excluding hydrogens is 90.1 g/mol. The maximum atomic E-state index is 5.07. The lowest BCUT2D eigenvalue weighted by Gasteiger charge is -1.90. The summed E-state index contributed by atoms with van der Waals surface area (Å²) in [5.41, 5.74) is 10.7. The molecule has 0 aromatic heterocycles. The molecule has 4 N–H and O–H groups in total.